The van der Waals surface area contributed by atoms with Crippen molar-refractivity contribution in [2.45, 2.75) is 65.9 Å². The number of aryl methyl sites for hydroxylation is 2. The summed E-state index contributed by atoms with van der Waals surface area (Å²) in [6.07, 6.45) is 7.27. The summed E-state index contributed by atoms with van der Waals surface area (Å²) < 4.78 is 0. The number of hydrogen-bond acceptors (Lipinski definition) is 3. The second-order valence-corrected chi connectivity index (χ2v) is 6.91. The minimum atomic E-state index is -0.612. The number of phenols is 1. The molecule has 144 valence electrons. The van der Waals surface area contributed by atoms with Gasteiger partial charge in [0.1, 0.15) is 5.75 Å². The number of aromatic hydroxyl groups is 1. The smallest absolute Gasteiger partial charge is 0.121 e. The molecule has 0 amide bonds. The van der Waals surface area contributed by atoms with E-state index in [-0.39, 0.29) is 6.61 Å². The summed E-state index contributed by atoms with van der Waals surface area (Å²) in [5.74, 6) is 0.351. The number of hydrogen-bond donors (Lipinski definition) is 3. The molecule has 26 heavy (non-hydrogen) atoms. The SMILES string of the molecule is C=C(CCC)/C(=C/CO)C(O)CC/C(=C/c1cc(C)c(O)c(C)c1)CC. The lowest BCUT2D eigenvalue weighted by molar-refractivity contribution is 0.200. The maximum Gasteiger partial charge on any atom is 0.121 e. The monoisotopic (exact) mass is 358 g/mol. The van der Waals surface area contributed by atoms with Crippen molar-refractivity contribution >= 4 is 6.08 Å². The van der Waals surface area contributed by atoms with Crippen LogP contribution in [-0.4, -0.2) is 28.0 Å². The zero-order valence-electron chi connectivity index (χ0n) is 16.7. The molecule has 0 aliphatic carbocycles. The van der Waals surface area contributed by atoms with Gasteiger partial charge in [-0.3, -0.25) is 0 Å². The second kappa shape index (κ2) is 11.0. The first-order chi connectivity index (χ1) is 12.3. The van der Waals surface area contributed by atoms with Gasteiger partial charge in [0, 0.05) is 0 Å². The van der Waals surface area contributed by atoms with E-state index in [0.29, 0.717) is 12.2 Å². The van der Waals surface area contributed by atoms with Gasteiger partial charge in [0.2, 0.25) is 0 Å². The third-order valence-corrected chi connectivity index (χ3v) is 4.71. The first-order valence-electron chi connectivity index (χ1n) is 9.50. The Morgan fingerprint density at radius 3 is 2.27 bits per heavy atom. The minimum Gasteiger partial charge on any atom is -0.507 e. The Bertz CT molecular complexity index is 645. The molecule has 0 aliphatic heterocycles. The van der Waals surface area contributed by atoms with Gasteiger partial charge < -0.3 is 15.3 Å². The fourth-order valence-electron chi connectivity index (χ4n) is 3.20. The van der Waals surface area contributed by atoms with Gasteiger partial charge in [0.25, 0.3) is 0 Å². The van der Waals surface area contributed by atoms with Crippen LogP contribution < -0.4 is 0 Å². The van der Waals surface area contributed by atoms with Gasteiger partial charge >= 0.3 is 0 Å². The largest absolute Gasteiger partial charge is 0.507 e. The van der Waals surface area contributed by atoms with Crippen molar-refractivity contribution < 1.29 is 15.3 Å². The molecule has 1 rings (SSSR count). The molecule has 3 nitrogen and oxygen atoms in total. The summed E-state index contributed by atoms with van der Waals surface area (Å²) in [6, 6.07) is 3.96. The van der Waals surface area contributed by atoms with Gasteiger partial charge in [-0.15, -0.1) is 0 Å². The van der Waals surface area contributed by atoms with Crippen LogP contribution in [-0.2, 0) is 0 Å². The number of allylic oxidation sites excluding steroid dienone is 1. The van der Waals surface area contributed by atoms with E-state index in [0.717, 1.165) is 53.5 Å². The van der Waals surface area contributed by atoms with Gasteiger partial charge in [-0.2, -0.15) is 0 Å². The summed E-state index contributed by atoms with van der Waals surface area (Å²) in [5.41, 5.74) is 5.73. The second-order valence-electron chi connectivity index (χ2n) is 6.91. The molecule has 1 aromatic rings. The molecule has 1 aromatic carbocycles. The number of aliphatic hydroxyl groups excluding tert-OH is 2. The van der Waals surface area contributed by atoms with Crippen LogP contribution in [0.3, 0.4) is 0 Å². The van der Waals surface area contributed by atoms with E-state index in [9.17, 15) is 15.3 Å². The maximum atomic E-state index is 10.6. The van der Waals surface area contributed by atoms with Crippen LogP contribution in [0.5, 0.6) is 5.75 Å². The summed E-state index contributed by atoms with van der Waals surface area (Å²) in [6.45, 7) is 12.0. The van der Waals surface area contributed by atoms with Crippen LogP contribution in [0.1, 0.15) is 62.6 Å². The van der Waals surface area contributed by atoms with Gasteiger partial charge in [-0.25, -0.2) is 0 Å². The highest BCUT2D eigenvalue weighted by Gasteiger charge is 2.14. The number of rotatable bonds is 10. The lowest BCUT2D eigenvalue weighted by Crippen LogP contribution is -2.13. The highest BCUT2D eigenvalue weighted by Crippen LogP contribution is 2.27. The number of aliphatic hydroxyl groups is 2. The lowest BCUT2D eigenvalue weighted by Gasteiger charge is -2.18. The van der Waals surface area contributed by atoms with Gasteiger partial charge in [0.15, 0.2) is 0 Å². The highest BCUT2D eigenvalue weighted by atomic mass is 16.3. The molecule has 0 heterocycles. The van der Waals surface area contributed by atoms with Gasteiger partial charge in [0.05, 0.1) is 12.7 Å². The molecule has 0 saturated heterocycles. The predicted octanol–water partition coefficient (Wildman–Crippen LogP) is 5.22. The molecule has 0 radical (unpaired) electrons. The molecule has 3 heteroatoms. The van der Waals surface area contributed by atoms with Crippen molar-refractivity contribution in [3.05, 3.63) is 58.2 Å². The quantitative estimate of drug-likeness (QED) is 0.503. The molecule has 1 atom stereocenters. The Hall–Kier alpha value is -1.84. The minimum absolute atomic E-state index is 0.0857. The zero-order valence-corrected chi connectivity index (χ0v) is 16.7. The van der Waals surface area contributed by atoms with Crippen LogP contribution in [0.4, 0.5) is 0 Å². The van der Waals surface area contributed by atoms with E-state index in [2.05, 4.69) is 26.5 Å². The summed E-state index contributed by atoms with van der Waals surface area (Å²) >= 11 is 0. The van der Waals surface area contributed by atoms with Crippen molar-refractivity contribution in [3.8, 4) is 5.75 Å². The molecule has 0 saturated carbocycles. The Kier molecular flexibility index (Phi) is 9.39. The van der Waals surface area contributed by atoms with Crippen molar-refractivity contribution in [1.82, 2.24) is 0 Å². The molecule has 0 fully saturated rings. The zero-order chi connectivity index (χ0) is 19.7. The van der Waals surface area contributed by atoms with E-state index in [1.54, 1.807) is 6.08 Å². The van der Waals surface area contributed by atoms with Crippen molar-refractivity contribution in [1.29, 1.82) is 0 Å². The van der Waals surface area contributed by atoms with Crippen LogP contribution in [0, 0.1) is 13.8 Å². The molecule has 0 aliphatic rings. The predicted molar refractivity (Wildman–Crippen MR) is 110 cm³/mol. The average Bonchev–Trinajstić information content (AvgIpc) is 2.60. The van der Waals surface area contributed by atoms with Gasteiger partial charge in [-0.1, -0.05) is 44.6 Å². The highest BCUT2D eigenvalue weighted by molar-refractivity contribution is 5.58. The molecular weight excluding hydrogens is 324 g/mol. The average molecular weight is 359 g/mol. The first kappa shape index (κ1) is 22.2. The van der Waals surface area contributed by atoms with Crippen LogP contribution in [0.25, 0.3) is 6.08 Å². The Labute approximate surface area is 158 Å². The third-order valence-electron chi connectivity index (χ3n) is 4.71. The standard InChI is InChI=1S/C23H34O3/c1-6-8-16(3)21(11-12-24)22(25)10-9-19(7-2)15-20-13-17(4)23(26)18(5)14-20/h11,13-15,22,24-26H,3,6-10,12H2,1-2,4-5H3/b19-15+,21-11-. The number of benzene rings is 1. The fourth-order valence-corrected chi connectivity index (χ4v) is 3.20. The Morgan fingerprint density at radius 2 is 1.77 bits per heavy atom. The topological polar surface area (TPSA) is 60.7 Å². The Balaban J connectivity index is 2.87. The molecule has 0 bridgehead atoms. The summed E-state index contributed by atoms with van der Waals surface area (Å²) in [5, 5.41) is 29.7. The molecular formula is C23H34O3. The van der Waals surface area contributed by atoms with Crippen LogP contribution >= 0.6 is 0 Å². The molecule has 3 N–H and O–H groups in total. The van der Waals surface area contributed by atoms with E-state index in [1.807, 2.05) is 26.0 Å². The van der Waals surface area contributed by atoms with E-state index < -0.39 is 6.10 Å². The van der Waals surface area contributed by atoms with Crippen molar-refractivity contribution in [2.24, 2.45) is 0 Å². The molecule has 1 unspecified atom stereocenters. The summed E-state index contributed by atoms with van der Waals surface area (Å²) in [4.78, 5) is 0. The maximum absolute atomic E-state index is 10.6. The fraction of sp³-hybridized carbons (Fsp3) is 0.478. The van der Waals surface area contributed by atoms with E-state index in [4.69, 9.17) is 0 Å². The van der Waals surface area contributed by atoms with Gasteiger partial charge in [-0.05, 0) is 79.5 Å². The molecule has 0 aromatic heterocycles. The van der Waals surface area contributed by atoms with Crippen molar-refractivity contribution in [3.63, 3.8) is 0 Å². The summed E-state index contributed by atoms with van der Waals surface area (Å²) in [7, 11) is 0. The Morgan fingerprint density at radius 1 is 1.15 bits per heavy atom. The normalized spacial score (nSPS) is 13.8. The third kappa shape index (κ3) is 6.47. The van der Waals surface area contributed by atoms with Crippen LogP contribution in [0.15, 0.2) is 41.5 Å². The number of phenolic OH excluding ortho intramolecular Hbond substituents is 1. The first-order valence-corrected chi connectivity index (χ1v) is 9.50. The van der Waals surface area contributed by atoms with Crippen LogP contribution in [0.2, 0.25) is 0 Å². The van der Waals surface area contributed by atoms with E-state index in [1.165, 1.54) is 5.57 Å². The van der Waals surface area contributed by atoms with E-state index >= 15 is 0 Å². The molecule has 0 spiro atoms. The lowest BCUT2D eigenvalue weighted by atomic mass is 9.92. The van der Waals surface area contributed by atoms with Crippen molar-refractivity contribution in [2.75, 3.05) is 6.61 Å².